The second kappa shape index (κ2) is 6.14. The van der Waals surface area contributed by atoms with Crippen molar-refractivity contribution in [3.8, 4) is 0 Å². The highest BCUT2D eigenvalue weighted by Gasteiger charge is 2.18. The second-order valence-corrected chi connectivity index (χ2v) is 5.16. The number of rotatable bonds is 6. The van der Waals surface area contributed by atoms with Gasteiger partial charge >= 0.3 is 11.9 Å². The molecular formula is C10H12N2O6S. The number of carboxylic acid groups (broad SMARTS) is 1. The molecule has 0 radical (unpaired) electrons. The fourth-order valence-corrected chi connectivity index (χ4v) is 2.12. The first-order valence-corrected chi connectivity index (χ1v) is 6.83. The molecule has 0 saturated carbocycles. The number of pyridine rings is 1. The third kappa shape index (κ3) is 4.92. The molecule has 0 spiro atoms. The van der Waals surface area contributed by atoms with E-state index in [1.54, 1.807) is 6.92 Å². The summed E-state index contributed by atoms with van der Waals surface area (Å²) in [5.74, 6) is -2.98. The molecule has 1 heterocycles. The molecule has 8 nitrogen and oxygen atoms in total. The number of sulfonamides is 1. The normalized spacial score (nSPS) is 10.8. The maximum Gasteiger partial charge on any atom is 0.337 e. The summed E-state index contributed by atoms with van der Waals surface area (Å²) in [6.07, 6.45) is 2.21. The fourth-order valence-electron chi connectivity index (χ4n) is 1.19. The van der Waals surface area contributed by atoms with Crippen LogP contribution in [0.25, 0.3) is 0 Å². The van der Waals surface area contributed by atoms with Crippen LogP contribution in [0.1, 0.15) is 17.3 Å². The Labute approximate surface area is 109 Å². The van der Waals surface area contributed by atoms with E-state index < -0.39 is 27.7 Å². The first-order valence-electron chi connectivity index (χ1n) is 5.18. The molecule has 1 aromatic rings. The van der Waals surface area contributed by atoms with Crippen molar-refractivity contribution in [3.63, 3.8) is 0 Å². The Morgan fingerprint density at radius 1 is 1.42 bits per heavy atom. The maximum absolute atomic E-state index is 11.6. The number of aromatic carboxylic acids is 1. The van der Waals surface area contributed by atoms with Gasteiger partial charge in [0.15, 0.2) is 5.75 Å². The van der Waals surface area contributed by atoms with Gasteiger partial charge in [0.1, 0.15) is 0 Å². The van der Waals surface area contributed by atoms with Crippen LogP contribution in [0.3, 0.4) is 0 Å². The van der Waals surface area contributed by atoms with Gasteiger partial charge in [0.25, 0.3) is 0 Å². The third-order valence-corrected chi connectivity index (χ3v) is 3.03. The van der Waals surface area contributed by atoms with Crippen molar-refractivity contribution in [2.45, 2.75) is 6.92 Å². The number of carbonyl (C=O) groups excluding carboxylic acids is 1. The van der Waals surface area contributed by atoms with Crippen molar-refractivity contribution >= 4 is 27.6 Å². The third-order valence-electron chi connectivity index (χ3n) is 1.87. The van der Waals surface area contributed by atoms with Gasteiger partial charge in [0.2, 0.25) is 10.0 Å². The first kappa shape index (κ1) is 14.9. The lowest BCUT2D eigenvalue weighted by atomic mass is 10.3. The summed E-state index contributed by atoms with van der Waals surface area (Å²) in [7, 11) is -3.96. The molecular weight excluding hydrogens is 276 g/mol. The number of esters is 1. The van der Waals surface area contributed by atoms with Crippen molar-refractivity contribution in [1.82, 2.24) is 4.98 Å². The smallest absolute Gasteiger partial charge is 0.337 e. The molecule has 0 aliphatic heterocycles. The average Bonchev–Trinajstić information content (AvgIpc) is 2.27. The van der Waals surface area contributed by atoms with E-state index in [1.165, 1.54) is 0 Å². The Morgan fingerprint density at radius 2 is 2.11 bits per heavy atom. The molecule has 0 aromatic carbocycles. The van der Waals surface area contributed by atoms with E-state index >= 15 is 0 Å². The van der Waals surface area contributed by atoms with Crippen LogP contribution < -0.4 is 4.72 Å². The number of aromatic nitrogens is 1. The summed E-state index contributed by atoms with van der Waals surface area (Å²) in [6, 6.07) is 1.10. The summed E-state index contributed by atoms with van der Waals surface area (Å²) in [4.78, 5) is 25.3. The van der Waals surface area contributed by atoms with Gasteiger partial charge in [-0.15, -0.1) is 0 Å². The lowest BCUT2D eigenvalue weighted by Gasteiger charge is -2.07. The van der Waals surface area contributed by atoms with E-state index in [4.69, 9.17) is 5.11 Å². The van der Waals surface area contributed by atoms with Crippen molar-refractivity contribution in [3.05, 3.63) is 24.0 Å². The molecule has 0 atom stereocenters. The summed E-state index contributed by atoms with van der Waals surface area (Å²) < 4.78 is 29.7. The Morgan fingerprint density at radius 3 is 2.68 bits per heavy atom. The molecule has 1 rings (SSSR count). The molecule has 104 valence electrons. The minimum atomic E-state index is -3.96. The van der Waals surface area contributed by atoms with Crippen LogP contribution in [0, 0.1) is 0 Å². The van der Waals surface area contributed by atoms with E-state index in [2.05, 4.69) is 9.72 Å². The van der Waals surface area contributed by atoms with Crippen molar-refractivity contribution < 1.29 is 27.9 Å². The quantitative estimate of drug-likeness (QED) is 0.711. The number of hydrogen-bond donors (Lipinski definition) is 2. The molecule has 2 N–H and O–H groups in total. The van der Waals surface area contributed by atoms with Gasteiger partial charge < -0.3 is 9.84 Å². The van der Waals surface area contributed by atoms with Crippen molar-refractivity contribution in [2.24, 2.45) is 0 Å². The zero-order valence-corrected chi connectivity index (χ0v) is 10.8. The Bertz CT molecular complexity index is 583. The summed E-state index contributed by atoms with van der Waals surface area (Å²) in [5, 5.41) is 8.73. The van der Waals surface area contributed by atoms with Crippen LogP contribution in [0.2, 0.25) is 0 Å². The van der Waals surface area contributed by atoms with Gasteiger partial charge in [-0.1, -0.05) is 0 Å². The van der Waals surface area contributed by atoms with Crippen LogP contribution in [0.4, 0.5) is 5.69 Å². The van der Waals surface area contributed by atoms with Gasteiger partial charge in [-0.2, -0.15) is 0 Å². The van der Waals surface area contributed by atoms with E-state index in [1.807, 2.05) is 4.72 Å². The first-order chi connectivity index (χ1) is 8.84. The topological polar surface area (TPSA) is 123 Å². The highest BCUT2D eigenvalue weighted by Crippen LogP contribution is 2.10. The predicted molar refractivity (Wildman–Crippen MR) is 65.2 cm³/mol. The molecule has 0 bridgehead atoms. The molecule has 0 aliphatic rings. The van der Waals surface area contributed by atoms with Gasteiger partial charge in [0, 0.05) is 6.20 Å². The largest absolute Gasteiger partial charge is 0.478 e. The lowest BCUT2D eigenvalue weighted by Crippen LogP contribution is -2.24. The van der Waals surface area contributed by atoms with E-state index in [0.29, 0.717) is 0 Å². The van der Waals surface area contributed by atoms with Gasteiger partial charge in [-0.3, -0.25) is 14.5 Å². The number of carboxylic acids is 1. The van der Waals surface area contributed by atoms with Crippen LogP contribution in [-0.4, -0.2) is 42.8 Å². The molecule has 0 amide bonds. The van der Waals surface area contributed by atoms with Crippen LogP contribution in [0.5, 0.6) is 0 Å². The SMILES string of the molecule is CCOC(=O)CS(=O)(=O)Nc1cncc(C(=O)O)c1. The number of hydrogen-bond acceptors (Lipinski definition) is 6. The Kier molecular flexibility index (Phi) is 4.81. The van der Waals surface area contributed by atoms with E-state index in [-0.39, 0.29) is 17.9 Å². The highest BCUT2D eigenvalue weighted by molar-refractivity contribution is 7.93. The van der Waals surface area contributed by atoms with Gasteiger partial charge in [-0.25, -0.2) is 13.2 Å². The Hall–Kier alpha value is -2.16. The number of nitrogens with zero attached hydrogens (tertiary/aromatic N) is 1. The summed E-state index contributed by atoms with van der Waals surface area (Å²) >= 11 is 0. The van der Waals surface area contributed by atoms with E-state index in [0.717, 1.165) is 18.5 Å². The van der Waals surface area contributed by atoms with Crippen molar-refractivity contribution in [2.75, 3.05) is 17.1 Å². The fraction of sp³-hybridized carbons (Fsp3) is 0.300. The molecule has 0 saturated heterocycles. The zero-order chi connectivity index (χ0) is 14.5. The highest BCUT2D eigenvalue weighted by atomic mass is 32.2. The van der Waals surface area contributed by atoms with Gasteiger partial charge in [-0.05, 0) is 13.0 Å². The molecule has 0 unspecified atom stereocenters. The van der Waals surface area contributed by atoms with Gasteiger partial charge in [0.05, 0.1) is 24.1 Å². The molecule has 0 aliphatic carbocycles. The number of anilines is 1. The minimum absolute atomic E-state index is 0.0378. The maximum atomic E-state index is 11.6. The zero-order valence-electron chi connectivity index (χ0n) is 9.99. The lowest BCUT2D eigenvalue weighted by molar-refractivity contribution is -0.139. The molecule has 0 fully saturated rings. The monoisotopic (exact) mass is 288 g/mol. The second-order valence-electron chi connectivity index (χ2n) is 3.43. The minimum Gasteiger partial charge on any atom is -0.478 e. The number of carbonyl (C=O) groups is 2. The average molecular weight is 288 g/mol. The molecule has 1 aromatic heterocycles. The molecule has 9 heteroatoms. The van der Waals surface area contributed by atoms with Crippen LogP contribution in [0.15, 0.2) is 18.5 Å². The van der Waals surface area contributed by atoms with Crippen LogP contribution in [-0.2, 0) is 19.6 Å². The molecule has 19 heavy (non-hydrogen) atoms. The summed E-state index contributed by atoms with van der Waals surface area (Å²) in [5.41, 5.74) is -0.208. The van der Waals surface area contributed by atoms with Crippen molar-refractivity contribution in [1.29, 1.82) is 0 Å². The predicted octanol–water partition coefficient (Wildman–Crippen LogP) is 0.0846. The number of nitrogens with one attached hydrogen (secondary N) is 1. The summed E-state index contributed by atoms with van der Waals surface area (Å²) in [6.45, 7) is 1.63. The number of ether oxygens (including phenoxy) is 1. The van der Waals surface area contributed by atoms with E-state index in [9.17, 15) is 18.0 Å². The van der Waals surface area contributed by atoms with Crippen LogP contribution >= 0.6 is 0 Å². The standard InChI is InChI=1S/C10H12N2O6S/c1-2-18-9(13)6-19(16,17)12-8-3-7(10(14)15)4-11-5-8/h3-5,12H,2,6H2,1H3,(H,14,15). The Balaban J connectivity index is 2.81.